The first-order chi connectivity index (χ1) is 7.68. The Balaban J connectivity index is 2.09. The maximum absolute atomic E-state index is 11.0. The molecule has 1 aliphatic rings. The number of nitrogens with zero attached hydrogens (tertiary/aromatic N) is 1. The molecule has 1 N–H and O–H groups in total. The number of carbonyl (C=O) groups is 2. The van der Waals surface area contributed by atoms with Crippen molar-refractivity contribution in [1.29, 1.82) is 0 Å². The standard InChI is InChI=1S/C10H15NO4S/c12-9(13)1-2-10(14)15-6-3-11-4-7-16-8-5-11/h1-2H,3-8H2,(H,12,13)/b2-1+. The minimum atomic E-state index is -1.15. The fraction of sp³-hybridized carbons (Fsp3) is 0.600. The minimum Gasteiger partial charge on any atom is -0.478 e. The van der Waals surface area contributed by atoms with Gasteiger partial charge in [0, 0.05) is 43.3 Å². The molecule has 1 heterocycles. The van der Waals surface area contributed by atoms with Crippen LogP contribution in [0.5, 0.6) is 0 Å². The van der Waals surface area contributed by atoms with Crippen LogP contribution in [-0.2, 0) is 14.3 Å². The highest BCUT2D eigenvalue weighted by molar-refractivity contribution is 7.99. The number of carboxylic acids is 1. The molecule has 1 rings (SSSR count). The van der Waals surface area contributed by atoms with E-state index in [9.17, 15) is 9.59 Å². The summed E-state index contributed by atoms with van der Waals surface area (Å²) >= 11 is 1.92. The van der Waals surface area contributed by atoms with Crippen molar-refractivity contribution in [2.24, 2.45) is 0 Å². The Bertz CT molecular complexity index is 274. The van der Waals surface area contributed by atoms with Gasteiger partial charge >= 0.3 is 11.9 Å². The number of esters is 1. The minimum absolute atomic E-state index is 0.313. The Morgan fingerprint density at radius 2 is 2.00 bits per heavy atom. The zero-order valence-electron chi connectivity index (χ0n) is 8.92. The van der Waals surface area contributed by atoms with Gasteiger partial charge in [-0.2, -0.15) is 11.8 Å². The summed E-state index contributed by atoms with van der Waals surface area (Å²) in [7, 11) is 0. The first kappa shape index (κ1) is 13.1. The number of rotatable bonds is 5. The van der Waals surface area contributed by atoms with Crippen LogP contribution in [0.4, 0.5) is 0 Å². The predicted molar refractivity (Wildman–Crippen MR) is 61.5 cm³/mol. The maximum Gasteiger partial charge on any atom is 0.331 e. The molecule has 0 radical (unpaired) electrons. The third-order valence-corrected chi connectivity index (χ3v) is 3.06. The summed E-state index contributed by atoms with van der Waals surface area (Å²) in [6, 6.07) is 0. The van der Waals surface area contributed by atoms with Crippen LogP contribution in [0.2, 0.25) is 0 Å². The molecular weight excluding hydrogens is 230 g/mol. The molecule has 5 nitrogen and oxygen atoms in total. The van der Waals surface area contributed by atoms with Gasteiger partial charge in [-0.15, -0.1) is 0 Å². The summed E-state index contributed by atoms with van der Waals surface area (Å²) in [6.45, 7) is 3.07. The third-order valence-electron chi connectivity index (χ3n) is 2.12. The van der Waals surface area contributed by atoms with Crippen LogP contribution in [0, 0.1) is 0 Å². The lowest BCUT2D eigenvalue weighted by Crippen LogP contribution is -2.35. The number of thioether (sulfide) groups is 1. The van der Waals surface area contributed by atoms with Crippen LogP contribution >= 0.6 is 11.8 Å². The lowest BCUT2D eigenvalue weighted by molar-refractivity contribution is -0.139. The van der Waals surface area contributed by atoms with Crippen LogP contribution in [0.15, 0.2) is 12.2 Å². The van der Waals surface area contributed by atoms with Crippen molar-refractivity contribution in [2.75, 3.05) is 37.7 Å². The zero-order chi connectivity index (χ0) is 11.8. The van der Waals surface area contributed by atoms with Gasteiger partial charge in [0.1, 0.15) is 6.61 Å². The fourth-order valence-electron chi connectivity index (χ4n) is 1.29. The van der Waals surface area contributed by atoms with Crippen LogP contribution in [0.1, 0.15) is 0 Å². The van der Waals surface area contributed by atoms with Gasteiger partial charge in [0.15, 0.2) is 0 Å². The topological polar surface area (TPSA) is 66.8 Å². The molecule has 0 atom stereocenters. The van der Waals surface area contributed by atoms with E-state index in [0.29, 0.717) is 13.2 Å². The molecule has 1 aliphatic heterocycles. The molecule has 0 unspecified atom stereocenters. The van der Waals surface area contributed by atoms with Gasteiger partial charge in [-0.05, 0) is 0 Å². The summed E-state index contributed by atoms with van der Waals surface area (Å²) in [4.78, 5) is 23.3. The van der Waals surface area contributed by atoms with E-state index in [1.165, 1.54) is 0 Å². The molecule has 0 amide bonds. The van der Waals surface area contributed by atoms with Crippen molar-refractivity contribution in [1.82, 2.24) is 4.90 Å². The summed E-state index contributed by atoms with van der Waals surface area (Å²) < 4.78 is 4.86. The number of aliphatic carboxylic acids is 1. The molecule has 0 aromatic rings. The van der Waals surface area contributed by atoms with Gasteiger partial charge in [-0.3, -0.25) is 4.90 Å². The molecule has 0 aliphatic carbocycles. The Hall–Kier alpha value is -1.01. The molecule has 6 heteroatoms. The lowest BCUT2D eigenvalue weighted by Gasteiger charge is -2.25. The third kappa shape index (κ3) is 5.77. The molecule has 0 aromatic carbocycles. The van der Waals surface area contributed by atoms with Crippen molar-refractivity contribution >= 4 is 23.7 Å². The Labute approximate surface area is 98.4 Å². The SMILES string of the molecule is O=C(O)/C=C/C(=O)OCCN1CCSCC1. The number of carbonyl (C=O) groups excluding carboxylic acids is 1. The monoisotopic (exact) mass is 245 g/mol. The van der Waals surface area contributed by atoms with Gasteiger partial charge in [-0.1, -0.05) is 0 Å². The summed E-state index contributed by atoms with van der Waals surface area (Å²) in [5, 5.41) is 8.29. The van der Waals surface area contributed by atoms with E-state index in [2.05, 4.69) is 4.90 Å². The number of hydrogen-bond donors (Lipinski definition) is 1. The summed E-state index contributed by atoms with van der Waals surface area (Å²) in [5.74, 6) is 0.485. The fourth-order valence-corrected chi connectivity index (χ4v) is 2.27. The second-order valence-corrected chi connectivity index (χ2v) is 4.52. The quantitative estimate of drug-likeness (QED) is 0.552. The smallest absolute Gasteiger partial charge is 0.331 e. The normalized spacial score (nSPS) is 17.5. The average Bonchev–Trinajstić information content (AvgIpc) is 2.28. The second-order valence-electron chi connectivity index (χ2n) is 3.29. The van der Waals surface area contributed by atoms with E-state index >= 15 is 0 Å². The van der Waals surface area contributed by atoms with Crippen molar-refractivity contribution in [3.05, 3.63) is 12.2 Å². The van der Waals surface area contributed by atoms with Crippen LogP contribution in [-0.4, -0.2) is 59.7 Å². The van der Waals surface area contributed by atoms with E-state index in [4.69, 9.17) is 9.84 Å². The Kier molecular flexibility index (Phi) is 5.95. The maximum atomic E-state index is 11.0. The molecule has 0 bridgehead atoms. The summed E-state index contributed by atoms with van der Waals surface area (Å²) in [6.07, 6.45) is 1.70. The van der Waals surface area contributed by atoms with Gasteiger partial charge in [-0.25, -0.2) is 9.59 Å². The largest absolute Gasteiger partial charge is 0.478 e. The van der Waals surface area contributed by atoms with E-state index in [0.717, 1.165) is 36.7 Å². The second kappa shape index (κ2) is 7.29. The van der Waals surface area contributed by atoms with E-state index in [1.54, 1.807) is 0 Å². The highest BCUT2D eigenvalue weighted by Gasteiger charge is 2.10. The van der Waals surface area contributed by atoms with Gasteiger partial charge in [0.25, 0.3) is 0 Å². The average molecular weight is 245 g/mol. The highest BCUT2D eigenvalue weighted by Crippen LogP contribution is 2.08. The molecule has 90 valence electrons. The van der Waals surface area contributed by atoms with Crippen LogP contribution in [0.3, 0.4) is 0 Å². The zero-order valence-corrected chi connectivity index (χ0v) is 9.74. The van der Waals surface area contributed by atoms with Crippen LogP contribution in [0.25, 0.3) is 0 Å². The molecule has 1 saturated heterocycles. The van der Waals surface area contributed by atoms with Crippen molar-refractivity contribution in [2.45, 2.75) is 0 Å². The van der Waals surface area contributed by atoms with Gasteiger partial charge in [0.05, 0.1) is 0 Å². The van der Waals surface area contributed by atoms with Gasteiger partial charge in [0.2, 0.25) is 0 Å². The van der Waals surface area contributed by atoms with Crippen LogP contribution < -0.4 is 0 Å². The number of hydrogen-bond acceptors (Lipinski definition) is 5. The van der Waals surface area contributed by atoms with E-state index in [-0.39, 0.29) is 0 Å². The van der Waals surface area contributed by atoms with E-state index in [1.807, 2.05) is 11.8 Å². The molecule has 0 saturated carbocycles. The molecule has 0 aromatic heterocycles. The first-order valence-corrected chi connectivity index (χ1v) is 6.22. The summed E-state index contributed by atoms with van der Waals surface area (Å²) in [5.41, 5.74) is 0. The molecule has 1 fully saturated rings. The first-order valence-electron chi connectivity index (χ1n) is 5.06. The predicted octanol–water partition coefficient (Wildman–Crippen LogP) is 0.219. The number of ether oxygens (including phenoxy) is 1. The molecule has 16 heavy (non-hydrogen) atoms. The van der Waals surface area contributed by atoms with Crippen molar-refractivity contribution in [3.8, 4) is 0 Å². The Morgan fingerprint density at radius 1 is 1.31 bits per heavy atom. The highest BCUT2D eigenvalue weighted by atomic mass is 32.2. The van der Waals surface area contributed by atoms with E-state index < -0.39 is 11.9 Å². The number of carboxylic acid groups (broad SMARTS) is 1. The Morgan fingerprint density at radius 3 is 2.62 bits per heavy atom. The lowest BCUT2D eigenvalue weighted by atomic mass is 10.4. The van der Waals surface area contributed by atoms with Gasteiger partial charge < -0.3 is 9.84 Å². The van der Waals surface area contributed by atoms with Crippen molar-refractivity contribution < 1.29 is 19.4 Å². The molecule has 0 spiro atoms. The molecular formula is C10H15NO4S. The van der Waals surface area contributed by atoms with Crippen molar-refractivity contribution in [3.63, 3.8) is 0 Å².